The Morgan fingerprint density at radius 1 is 1.28 bits per heavy atom. The summed E-state index contributed by atoms with van der Waals surface area (Å²) in [6.45, 7) is 3.48. The van der Waals surface area contributed by atoms with Crippen molar-refractivity contribution in [2.45, 2.75) is 57.9 Å². The lowest BCUT2D eigenvalue weighted by molar-refractivity contribution is -0.121. The number of amides is 1. The molecule has 102 valence electrons. The summed E-state index contributed by atoms with van der Waals surface area (Å²) in [5, 5.41) is 15.4. The van der Waals surface area contributed by atoms with Gasteiger partial charge < -0.3 is 10.6 Å². The van der Waals surface area contributed by atoms with Gasteiger partial charge in [0.05, 0.1) is 12.0 Å². The Hall–Kier alpha value is -1.08. The van der Waals surface area contributed by atoms with E-state index >= 15 is 0 Å². The summed E-state index contributed by atoms with van der Waals surface area (Å²) in [6, 6.07) is 2.68. The van der Waals surface area contributed by atoms with Gasteiger partial charge in [-0.2, -0.15) is 5.26 Å². The summed E-state index contributed by atoms with van der Waals surface area (Å²) in [5.74, 6) is 0.220. The molecule has 1 amide bonds. The molecule has 4 nitrogen and oxygen atoms in total. The Kier molecular flexibility index (Phi) is 7.43. The molecule has 2 unspecified atom stereocenters. The maximum absolute atomic E-state index is 11.4. The van der Waals surface area contributed by atoms with Crippen molar-refractivity contribution in [1.82, 2.24) is 10.6 Å². The van der Waals surface area contributed by atoms with E-state index in [-0.39, 0.29) is 17.9 Å². The minimum absolute atomic E-state index is 0.103. The number of rotatable bonds is 6. The van der Waals surface area contributed by atoms with Crippen LogP contribution in [-0.4, -0.2) is 25.0 Å². The molecule has 0 bridgehead atoms. The van der Waals surface area contributed by atoms with Gasteiger partial charge in [0.15, 0.2) is 0 Å². The first kappa shape index (κ1) is 15.0. The van der Waals surface area contributed by atoms with Gasteiger partial charge in [-0.25, -0.2) is 0 Å². The maximum Gasteiger partial charge on any atom is 0.221 e. The van der Waals surface area contributed by atoms with Gasteiger partial charge in [0.2, 0.25) is 5.91 Å². The van der Waals surface area contributed by atoms with E-state index < -0.39 is 0 Å². The summed E-state index contributed by atoms with van der Waals surface area (Å²) in [6.07, 6.45) is 7.12. The van der Waals surface area contributed by atoms with Crippen molar-refractivity contribution in [1.29, 1.82) is 5.26 Å². The molecule has 18 heavy (non-hydrogen) atoms. The minimum atomic E-state index is 0.103. The highest BCUT2D eigenvalue weighted by atomic mass is 16.1. The predicted molar refractivity (Wildman–Crippen MR) is 71.9 cm³/mol. The average molecular weight is 251 g/mol. The first-order chi connectivity index (χ1) is 8.77. The second kappa shape index (κ2) is 8.93. The molecule has 0 aromatic rings. The van der Waals surface area contributed by atoms with E-state index in [2.05, 4.69) is 16.7 Å². The molecule has 1 saturated carbocycles. The molecule has 0 aromatic carbocycles. The Morgan fingerprint density at radius 3 is 2.78 bits per heavy atom. The molecule has 4 heteroatoms. The zero-order valence-electron chi connectivity index (χ0n) is 11.4. The van der Waals surface area contributed by atoms with Gasteiger partial charge in [0, 0.05) is 25.6 Å². The topological polar surface area (TPSA) is 64.9 Å². The number of nitrogens with one attached hydrogen (secondary N) is 2. The fourth-order valence-electron chi connectivity index (χ4n) is 2.43. The standard InChI is InChI=1S/C14H25N3O/c1-2-9-17-14(18)8-10-16-13-7-5-3-4-6-12(13)11-15/h12-13,16H,2-10H2,1H3,(H,17,18). The maximum atomic E-state index is 11.4. The van der Waals surface area contributed by atoms with Crippen LogP contribution in [0.2, 0.25) is 0 Å². The van der Waals surface area contributed by atoms with E-state index in [1.54, 1.807) is 0 Å². The van der Waals surface area contributed by atoms with Crippen molar-refractivity contribution in [3.63, 3.8) is 0 Å². The molecule has 0 saturated heterocycles. The van der Waals surface area contributed by atoms with Crippen LogP contribution < -0.4 is 10.6 Å². The van der Waals surface area contributed by atoms with Gasteiger partial charge in [0.25, 0.3) is 0 Å². The summed E-state index contributed by atoms with van der Waals surface area (Å²) >= 11 is 0. The van der Waals surface area contributed by atoms with Crippen LogP contribution in [0, 0.1) is 17.2 Å². The van der Waals surface area contributed by atoms with E-state index in [0.717, 1.165) is 32.2 Å². The van der Waals surface area contributed by atoms with E-state index in [1.807, 2.05) is 6.92 Å². The third kappa shape index (κ3) is 5.50. The smallest absolute Gasteiger partial charge is 0.221 e. The number of hydrogen-bond donors (Lipinski definition) is 2. The van der Waals surface area contributed by atoms with Crippen LogP contribution in [0.15, 0.2) is 0 Å². The highest BCUT2D eigenvalue weighted by Crippen LogP contribution is 2.22. The first-order valence-corrected chi connectivity index (χ1v) is 7.17. The van der Waals surface area contributed by atoms with E-state index in [0.29, 0.717) is 13.0 Å². The number of carbonyl (C=O) groups is 1. The van der Waals surface area contributed by atoms with Gasteiger partial charge in [-0.05, 0) is 19.3 Å². The molecule has 1 rings (SSSR count). The van der Waals surface area contributed by atoms with Gasteiger partial charge in [-0.1, -0.05) is 26.2 Å². The normalized spacial score (nSPS) is 24.0. The zero-order valence-corrected chi connectivity index (χ0v) is 11.4. The third-order valence-electron chi connectivity index (χ3n) is 3.51. The summed E-state index contributed by atoms with van der Waals surface area (Å²) in [4.78, 5) is 11.4. The molecule has 1 aliphatic rings. The highest BCUT2D eigenvalue weighted by Gasteiger charge is 2.22. The monoisotopic (exact) mass is 251 g/mol. The van der Waals surface area contributed by atoms with Crippen molar-refractivity contribution in [2.75, 3.05) is 13.1 Å². The lowest BCUT2D eigenvalue weighted by atomic mass is 9.96. The number of carbonyl (C=O) groups excluding carboxylic acids is 1. The third-order valence-corrected chi connectivity index (χ3v) is 3.51. The molecular formula is C14H25N3O. The molecule has 1 fully saturated rings. The van der Waals surface area contributed by atoms with E-state index in [9.17, 15) is 4.79 Å². The zero-order chi connectivity index (χ0) is 13.2. The molecule has 0 heterocycles. The van der Waals surface area contributed by atoms with Crippen LogP contribution in [0.25, 0.3) is 0 Å². The van der Waals surface area contributed by atoms with Crippen molar-refractivity contribution in [2.24, 2.45) is 5.92 Å². The highest BCUT2D eigenvalue weighted by molar-refractivity contribution is 5.75. The fourth-order valence-corrected chi connectivity index (χ4v) is 2.43. The van der Waals surface area contributed by atoms with Crippen molar-refractivity contribution in [3.05, 3.63) is 0 Å². The molecule has 2 N–H and O–H groups in total. The fraction of sp³-hybridized carbons (Fsp3) is 0.857. The van der Waals surface area contributed by atoms with E-state index in [4.69, 9.17) is 5.26 Å². The largest absolute Gasteiger partial charge is 0.356 e. The van der Waals surface area contributed by atoms with Gasteiger partial charge in [-0.15, -0.1) is 0 Å². The Morgan fingerprint density at radius 2 is 2.06 bits per heavy atom. The quantitative estimate of drug-likeness (QED) is 0.709. The molecule has 0 radical (unpaired) electrons. The van der Waals surface area contributed by atoms with Crippen LogP contribution >= 0.6 is 0 Å². The van der Waals surface area contributed by atoms with Crippen molar-refractivity contribution >= 4 is 5.91 Å². The number of hydrogen-bond acceptors (Lipinski definition) is 3. The molecule has 2 atom stereocenters. The van der Waals surface area contributed by atoms with Crippen LogP contribution in [0.3, 0.4) is 0 Å². The Labute approximate surface area is 110 Å². The van der Waals surface area contributed by atoms with E-state index in [1.165, 1.54) is 12.8 Å². The Bertz CT molecular complexity index is 285. The molecular weight excluding hydrogens is 226 g/mol. The second-order valence-electron chi connectivity index (χ2n) is 5.03. The molecule has 0 aromatic heterocycles. The Balaban J connectivity index is 2.23. The van der Waals surface area contributed by atoms with Gasteiger partial charge >= 0.3 is 0 Å². The minimum Gasteiger partial charge on any atom is -0.356 e. The van der Waals surface area contributed by atoms with Crippen LogP contribution in [-0.2, 0) is 4.79 Å². The van der Waals surface area contributed by atoms with Crippen LogP contribution in [0.1, 0.15) is 51.9 Å². The number of nitriles is 1. The lowest BCUT2D eigenvalue weighted by Crippen LogP contribution is -2.37. The molecule has 0 aliphatic heterocycles. The first-order valence-electron chi connectivity index (χ1n) is 7.17. The van der Waals surface area contributed by atoms with Crippen molar-refractivity contribution in [3.8, 4) is 6.07 Å². The summed E-state index contributed by atoms with van der Waals surface area (Å²) in [5.41, 5.74) is 0. The average Bonchev–Trinajstić information content (AvgIpc) is 2.61. The lowest BCUT2D eigenvalue weighted by Gasteiger charge is -2.20. The second-order valence-corrected chi connectivity index (χ2v) is 5.03. The van der Waals surface area contributed by atoms with Gasteiger partial charge in [0.1, 0.15) is 0 Å². The summed E-state index contributed by atoms with van der Waals surface area (Å²) in [7, 11) is 0. The van der Waals surface area contributed by atoms with Crippen molar-refractivity contribution < 1.29 is 4.79 Å². The van der Waals surface area contributed by atoms with Crippen LogP contribution in [0.5, 0.6) is 0 Å². The molecule has 0 spiro atoms. The predicted octanol–water partition coefficient (Wildman–Crippen LogP) is 1.96. The SMILES string of the molecule is CCCNC(=O)CCNC1CCCCCC1C#N. The summed E-state index contributed by atoms with van der Waals surface area (Å²) < 4.78 is 0. The number of nitrogens with zero attached hydrogens (tertiary/aromatic N) is 1. The molecule has 1 aliphatic carbocycles. The van der Waals surface area contributed by atoms with Gasteiger partial charge in [-0.3, -0.25) is 4.79 Å². The van der Waals surface area contributed by atoms with Crippen LogP contribution in [0.4, 0.5) is 0 Å².